The van der Waals surface area contributed by atoms with Crippen molar-refractivity contribution in [3.63, 3.8) is 0 Å². The van der Waals surface area contributed by atoms with Crippen LogP contribution in [0.4, 0.5) is 0 Å². The average molecular weight is 245 g/mol. The van der Waals surface area contributed by atoms with Crippen LogP contribution in [-0.4, -0.2) is 4.57 Å². The van der Waals surface area contributed by atoms with Gasteiger partial charge in [-0.05, 0) is 10.8 Å². The van der Waals surface area contributed by atoms with E-state index in [-0.39, 0.29) is 12.4 Å². The van der Waals surface area contributed by atoms with Crippen molar-refractivity contribution < 1.29 is 17.0 Å². The monoisotopic (exact) mass is 244 g/mol. The van der Waals surface area contributed by atoms with Crippen LogP contribution in [0.3, 0.4) is 0 Å². The van der Waals surface area contributed by atoms with Crippen LogP contribution in [0, 0.1) is 10.8 Å². The third-order valence-corrected chi connectivity index (χ3v) is 2.06. The molecule has 1 aromatic rings. The number of hydrogen-bond acceptors (Lipinski definition) is 0. The lowest BCUT2D eigenvalue weighted by molar-refractivity contribution is -0.707. The van der Waals surface area contributed by atoms with Gasteiger partial charge in [0.1, 0.15) is 12.4 Å². The summed E-state index contributed by atoms with van der Waals surface area (Å²) in [5.74, 6) is 0. The van der Waals surface area contributed by atoms with Gasteiger partial charge in [0.05, 0.1) is 13.1 Å². The molecule has 0 atom stereocenters. The molecular weight excluding hydrogens is 220 g/mol. The first-order chi connectivity index (χ1) is 6.66. The molecule has 0 amide bonds. The zero-order chi connectivity index (χ0) is 11.7. The standard InChI is InChI=1S/C13H25N2.ClH/c1-12(2,3)9-14-7-8-15(11-14)10-13(4,5)6;/h7-8,11H,9-10H2,1-6H3;1H/q+1;/p-1. The Morgan fingerprint density at radius 3 is 2.00 bits per heavy atom. The van der Waals surface area contributed by atoms with Crippen molar-refractivity contribution in [2.75, 3.05) is 0 Å². The Bertz CT molecular complexity index is 285. The Hall–Kier alpha value is -0.500. The summed E-state index contributed by atoms with van der Waals surface area (Å²) < 4.78 is 4.54. The Morgan fingerprint density at radius 2 is 1.56 bits per heavy atom. The molecule has 2 nitrogen and oxygen atoms in total. The van der Waals surface area contributed by atoms with E-state index in [9.17, 15) is 0 Å². The molecule has 16 heavy (non-hydrogen) atoms. The summed E-state index contributed by atoms with van der Waals surface area (Å²) in [6, 6.07) is 0. The molecule has 0 aliphatic carbocycles. The SMILES string of the molecule is CC(C)(C)Cn1cc[n+](CC(C)(C)C)c1.[Cl-]. The molecule has 0 radical (unpaired) electrons. The fraction of sp³-hybridized carbons (Fsp3) is 0.769. The molecule has 3 heteroatoms. The Labute approximate surface area is 106 Å². The van der Waals surface area contributed by atoms with Gasteiger partial charge in [-0.3, -0.25) is 0 Å². The van der Waals surface area contributed by atoms with Crippen LogP contribution in [0.25, 0.3) is 0 Å². The smallest absolute Gasteiger partial charge is 0.243 e. The highest BCUT2D eigenvalue weighted by atomic mass is 35.5. The number of aromatic nitrogens is 2. The topological polar surface area (TPSA) is 8.81 Å². The van der Waals surface area contributed by atoms with Gasteiger partial charge in [0.2, 0.25) is 6.33 Å². The van der Waals surface area contributed by atoms with Crippen LogP contribution in [0.2, 0.25) is 0 Å². The highest BCUT2D eigenvalue weighted by Gasteiger charge is 2.18. The summed E-state index contributed by atoms with van der Waals surface area (Å²) in [7, 11) is 0. The van der Waals surface area contributed by atoms with Crippen molar-refractivity contribution >= 4 is 0 Å². The van der Waals surface area contributed by atoms with Gasteiger partial charge in [0.25, 0.3) is 0 Å². The van der Waals surface area contributed by atoms with Gasteiger partial charge in [0, 0.05) is 0 Å². The molecule has 0 saturated carbocycles. The first-order valence-corrected chi connectivity index (χ1v) is 5.71. The zero-order valence-electron chi connectivity index (χ0n) is 11.4. The maximum Gasteiger partial charge on any atom is 0.243 e. The number of hydrogen-bond donors (Lipinski definition) is 0. The highest BCUT2D eigenvalue weighted by Crippen LogP contribution is 2.16. The van der Waals surface area contributed by atoms with E-state index in [4.69, 9.17) is 0 Å². The lowest BCUT2D eigenvalue weighted by atomic mass is 9.97. The molecule has 0 saturated heterocycles. The molecule has 0 spiro atoms. The minimum absolute atomic E-state index is 0. The predicted octanol–water partition coefficient (Wildman–Crippen LogP) is -0.128. The minimum Gasteiger partial charge on any atom is -1.00 e. The highest BCUT2D eigenvalue weighted by molar-refractivity contribution is 4.72. The van der Waals surface area contributed by atoms with Gasteiger partial charge in [-0.2, -0.15) is 0 Å². The average Bonchev–Trinajstić information content (AvgIpc) is 2.28. The van der Waals surface area contributed by atoms with E-state index in [1.165, 1.54) is 0 Å². The Morgan fingerprint density at radius 1 is 1.00 bits per heavy atom. The van der Waals surface area contributed by atoms with Crippen LogP contribution < -0.4 is 17.0 Å². The molecule has 0 fully saturated rings. The van der Waals surface area contributed by atoms with E-state index in [0.717, 1.165) is 13.1 Å². The van der Waals surface area contributed by atoms with Crippen LogP contribution >= 0.6 is 0 Å². The summed E-state index contributed by atoms with van der Waals surface area (Å²) in [4.78, 5) is 0. The lowest BCUT2D eigenvalue weighted by Crippen LogP contribution is -3.00. The summed E-state index contributed by atoms with van der Waals surface area (Å²) >= 11 is 0. The molecule has 1 heterocycles. The second-order valence-corrected chi connectivity index (χ2v) is 6.88. The van der Waals surface area contributed by atoms with Gasteiger partial charge in [0.15, 0.2) is 0 Å². The molecule has 94 valence electrons. The first-order valence-electron chi connectivity index (χ1n) is 5.71. The van der Waals surface area contributed by atoms with Crippen molar-refractivity contribution in [3.8, 4) is 0 Å². The molecular formula is C13H25ClN2. The maximum atomic E-state index is 2.27. The van der Waals surface area contributed by atoms with Crippen molar-refractivity contribution in [2.45, 2.75) is 54.6 Å². The molecule has 0 aliphatic rings. The summed E-state index contributed by atoms with van der Waals surface area (Å²) in [6.45, 7) is 15.7. The van der Waals surface area contributed by atoms with Gasteiger partial charge in [-0.15, -0.1) is 0 Å². The van der Waals surface area contributed by atoms with E-state index in [1.807, 2.05) is 0 Å². The minimum atomic E-state index is 0. The first kappa shape index (κ1) is 15.5. The molecule has 1 aromatic heterocycles. The molecule has 0 aromatic carbocycles. The summed E-state index contributed by atoms with van der Waals surface area (Å²) in [6.07, 6.45) is 6.53. The summed E-state index contributed by atoms with van der Waals surface area (Å²) in [5, 5.41) is 0. The molecule has 0 unspecified atom stereocenters. The van der Waals surface area contributed by atoms with Gasteiger partial charge >= 0.3 is 0 Å². The van der Waals surface area contributed by atoms with E-state index in [0.29, 0.717) is 10.8 Å². The summed E-state index contributed by atoms with van der Waals surface area (Å²) in [5.41, 5.74) is 0.692. The number of halogens is 1. The van der Waals surface area contributed by atoms with Crippen molar-refractivity contribution in [1.29, 1.82) is 0 Å². The quantitative estimate of drug-likeness (QED) is 0.642. The van der Waals surface area contributed by atoms with E-state index in [1.54, 1.807) is 0 Å². The molecule has 1 rings (SSSR count). The Kier molecular flexibility index (Phi) is 5.06. The van der Waals surface area contributed by atoms with E-state index < -0.39 is 0 Å². The van der Waals surface area contributed by atoms with Crippen LogP contribution in [0.5, 0.6) is 0 Å². The zero-order valence-corrected chi connectivity index (χ0v) is 12.2. The number of nitrogens with zero attached hydrogens (tertiary/aromatic N) is 2. The van der Waals surface area contributed by atoms with Crippen molar-refractivity contribution in [2.24, 2.45) is 10.8 Å². The second kappa shape index (κ2) is 5.22. The lowest BCUT2D eigenvalue weighted by Gasteiger charge is -2.15. The van der Waals surface area contributed by atoms with E-state index >= 15 is 0 Å². The van der Waals surface area contributed by atoms with E-state index in [2.05, 4.69) is 69.4 Å². The van der Waals surface area contributed by atoms with Crippen LogP contribution in [0.1, 0.15) is 41.5 Å². The maximum absolute atomic E-state index is 2.27. The van der Waals surface area contributed by atoms with Crippen molar-refractivity contribution in [1.82, 2.24) is 4.57 Å². The van der Waals surface area contributed by atoms with Gasteiger partial charge in [-0.1, -0.05) is 41.5 Å². The molecule has 0 aliphatic heterocycles. The fourth-order valence-electron chi connectivity index (χ4n) is 1.72. The van der Waals surface area contributed by atoms with Gasteiger partial charge in [-0.25, -0.2) is 9.13 Å². The number of imidazole rings is 1. The molecule has 0 N–H and O–H groups in total. The van der Waals surface area contributed by atoms with Crippen LogP contribution in [0.15, 0.2) is 18.7 Å². The van der Waals surface area contributed by atoms with Gasteiger partial charge < -0.3 is 12.4 Å². The Balaban J connectivity index is 0.00000225. The van der Waals surface area contributed by atoms with Crippen LogP contribution in [-0.2, 0) is 13.1 Å². The number of rotatable bonds is 2. The predicted molar refractivity (Wildman–Crippen MR) is 63.5 cm³/mol. The largest absolute Gasteiger partial charge is 1.00 e. The molecule has 0 bridgehead atoms. The second-order valence-electron chi connectivity index (χ2n) is 6.88. The third-order valence-electron chi connectivity index (χ3n) is 2.06. The van der Waals surface area contributed by atoms with Crippen molar-refractivity contribution in [3.05, 3.63) is 18.7 Å². The normalized spacial score (nSPS) is 12.4. The third kappa shape index (κ3) is 6.16. The fourth-order valence-corrected chi connectivity index (χ4v) is 1.72.